The Balaban J connectivity index is 0.000000461. The van der Waals surface area contributed by atoms with Gasteiger partial charge in [0, 0.05) is 13.0 Å². The molecule has 0 aromatic heterocycles. The van der Waals surface area contributed by atoms with Gasteiger partial charge in [0.05, 0.1) is 6.54 Å². The first-order valence-electron chi connectivity index (χ1n) is 3.82. The Morgan fingerprint density at radius 3 is 2.36 bits per heavy atom. The normalized spacial score (nSPS) is 16.9. The van der Waals surface area contributed by atoms with Crippen molar-refractivity contribution in [2.75, 3.05) is 13.1 Å². The molecular weight excluding hydrogens is 144 g/mol. The molecule has 0 aromatic carbocycles. The largest absolute Gasteiger partial charge is 0.354 e. The van der Waals surface area contributed by atoms with Crippen molar-refractivity contribution in [2.24, 2.45) is 0 Å². The van der Waals surface area contributed by atoms with E-state index >= 15 is 0 Å². The van der Waals surface area contributed by atoms with Crippen LogP contribution in [-0.4, -0.2) is 24.9 Å². The Morgan fingerprint density at radius 1 is 1.09 bits per heavy atom. The van der Waals surface area contributed by atoms with Crippen molar-refractivity contribution in [1.82, 2.24) is 10.6 Å². The minimum absolute atomic E-state index is 0.0617. The Morgan fingerprint density at radius 2 is 1.73 bits per heavy atom. The number of hydrogen-bond donors (Lipinski definition) is 2. The Bertz CT molecular complexity index is 129. The first-order valence-corrected chi connectivity index (χ1v) is 3.82. The van der Waals surface area contributed by atoms with Crippen LogP contribution in [-0.2, 0) is 9.59 Å². The SMILES string of the molecule is CC.O=C1CCNC(=O)CN1. The standard InChI is InChI=1S/C5H8N2O2.C2H6/c8-4-1-2-6-5(9)3-7-4;1-2/h1-3H2,(H,6,9)(H,7,8);1-2H3. The van der Waals surface area contributed by atoms with Crippen molar-refractivity contribution in [3.05, 3.63) is 0 Å². The van der Waals surface area contributed by atoms with Crippen molar-refractivity contribution >= 4 is 11.8 Å². The molecule has 1 aliphatic heterocycles. The zero-order valence-electron chi connectivity index (χ0n) is 6.94. The minimum Gasteiger partial charge on any atom is -0.354 e. The van der Waals surface area contributed by atoms with Crippen LogP contribution in [0.4, 0.5) is 0 Å². The summed E-state index contributed by atoms with van der Waals surface area (Å²) in [5.41, 5.74) is 0. The number of hydrogen-bond acceptors (Lipinski definition) is 2. The highest BCUT2D eigenvalue weighted by molar-refractivity contribution is 5.86. The molecule has 1 rings (SSSR count). The summed E-state index contributed by atoms with van der Waals surface area (Å²) in [4.78, 5) is 21.0. The molecule has 0 atom stereocenters. The smallest absolute Gasteiger partial charge is 0.239 e. The van der Waals surface area contributed by atoms with Crippen LogP contribution in [0.25, 0.3) is 0 Å². The van der Waals surface area contributed by atoms with Gasteiger partial charge in [0.15, 0.2) is 0 Å². The maximum absolute atomic E-state index is 10.5. The van der Waals surface area contributed by atoms with Crippen LogP contribution in [0.5, 0.6) is 0 Å². The van der Waals surface area contributed by atoms with Gasteiger partial charge in [-0.15, -0.1) is 0 Å². The molecule has 0 aliphatic carbocycles. The van der Waals surface area contributed by atoms with Crippen LogP contribution in [0.15, 0.2) is 0 Å². The summed E-state index contributed by atoms with van der Waals surface area (Å²) in [6.45, 7) is 4.59. The van der Waals surface area contributed by atoms with Gasteiger partial charge in [-0.25, -0.2) is 0 Å². The fourth-order valence-electron chi connectivity index (χ4n) is 0.645. The topological polar surface area (TPSA) is 58.2 Å². The van der Waals surface area contributed by atoms with E-state index in [4.69, 9.17) is 0 Å². The monoisotopic (exact) mass is 158 g/mol. The maximum atomic E-state index is 10.5. The summed E-state index contributed by atoms with van der Waals surface area (Å²) < 4.78 is 0. The molecule has 11 heavy (non-hydrogen) atoms. The first-order chi connectivity index (χ1) is 5.29. The molecule has 1 heterocycles. The maximum Gasteiger partial charge on any atom is 0.239 e. The molecule has 2 amide bonds. The molecule has 0 bridgehead atoms. The Labute approximate surface area is 66.4 Å². The summed E-state index contributed by atoms with van der Waals surface area (Å²) in [7, 11) is 0. The number of rotatable bonds is 0. The molecule has 4 heteroatoms. The van der Waals surface area contributed by atoms with Gasteiger partial charge in [-0.05, 0) is 0 Å². The van der Waals surface area contributed by atoms with Gasteiger partial charge in [-0.2, -0.15) is 0 Å². The molecule has 0 aromatic rings. The van der Waals surface area contributed by atoms with Crippen molar-refractivity contribution in [3.63, 3.8) is 0 Å². The molecule has 0 unspecified atom stereocenters. The molecule has 1 saturated heterocycles. The zero-order valence-corrected chi connectivity index (χ0v) is 6.94. The number of nitrogens with one attached hydrogen (secondary N) is 2. The average Bonchev–Trinajstić information content (AvgIpc) is 2.20. The summed E-state index contributed by atoms with van der Waals surface area (Å²) in [5, 5.41) is 5.00. The summed E-state index contributed by atoms with van der Waals surface area (Å²) in [6, 6.07) is 0. The van der Waals surface area contributed by atoms with E-state index in [1.165, 1.54) is 0 Å². The highest BCUT2D eigenvalue weighted by Gasteiger charge is 2.09. The van der Waals surface area contributed by atoms with E-state index in [-0.39, 0.29) is 18.4 Å². The van der Waals surface area contributed by atoms with Crippen LogP contribution in [0.1, 0.15) is 20.3 Å². The fourth-order valence-corrected chi connectivity index (χ4v) is 0.645. The molecular formula is C7H14N2O2. The van der Waals surface area contributed by atoms with E-state index in [1.807, 2.05) is 13.8 Å². The summed E-state index contributed by atoms with van der Waals surface area (Å²) in [5.74, 6) is -0.172. The van der Waals surface area contributed by atoms with Gasteiger partial charge < -0.3 is 10.6 Å². The molecule has 0 radical (unpaired) electrons. The summed E-state index contributed by atoms with van der Waals surface area (Å²) >= 11 is 0. The van der Waals surface area contributed by atoms with Crippen LogP contribution in [0, 0.1) is 0 Å². The van der Waals surface area contributed by atoms with Crippen LogP contribution in [0.3, 0.4) is 0 Å². The third-order valence-electron chi connectivity index (χ3n) is 1.12. The van der Waals surface area contributed by atoms with Crippen LogP contribution >= 0.6 is 0 Å². The predicted molar refractivity (Wildman–Crippen MR) is 42.0 cm³/mol. The van der Waals surface area contributed by atoms with Crippen molar-refractivity contribution in [2.45, 2.75) is 20.3 Å². The van der Waals surface area contributed by atoms with Gasteiger partial charge in [0.25, 0.3) is 0 Å². The third-order valence-corrected chi connectivity index (χ3v) is 1.12. The van der Waals surface area contributed by atoms with E-state index < -0.39 is 0 Å². The van der Waals surface area contributed by atoms with E-state index in [0.29, 0.717) is 13.0 Å². The predicted octanol–water partition coefficient (Wildman–Crippen LogP) is -0.351. The molecule has 2 N–H and O–H groups in total. The second-order valence-electron chi connectivity index (χ2n) is 1.88. The summed E-state index contributed by atoms with van der Waals surface area (Å²) in [6.07, 6.45) is 0.395. The minimum atomic E-state index is -0.110. The third kappa shape index (κ3) is 4.36. The molecule has 1 aliphatic rings. The molecule has 0 spiro atoms. The van der Waals surface area contributed by atoms with Gasteiger partial charge in [-0.1, -0.05) is 13.8 Å². The zero-order chi connectivity index (χ0) is 8.69. The van der Waals surface area contributed by atoms with Gasteiger partial charge in [0.2, 0.25) is 11.8 Å². The lowest BCUT2D eigenvalue weighted by atomic mass is 10.4. The van der Waals surface area contributed by atoms with Gasteiger partial charge in [-0.3, -0.25) is 9.59 Å². The van der Waals surface area contributed by atoms with Gasteiger partial charge >= 0.3 is 0 Å². The molecule has 1 fully saturated rings. The average molecular weight is 158 g/mol. The highest BCUT2D eigenvalue weighted by Crippen LogP contribution is 1.81. The van der Waals surface area contributed by atoms with E-state index in [1.54, 1.807) is 0 Å². The van der Waals surface area contributed by atoms with E-state index in [2.05, 4.69) is 10.6 Å². The lowest BCUT2D eigenvalue weighted by molar-refractivity contribution is -0.123. The van der Waals surface area contributed by atoms with Crippen molar-refractivity contribution in [3.8, 4) is 0 Å². The van der Waals surface area contributed by atoms with Crippen LogP contribution < -0.4 is 10.6 Å². The van der Waals surface area contributed by atoms with E-state index in [9.17, 15) is 9.59 Å². The van der Waals surface area contributed by atoms with Gasteiger partial charge in [0.1, 0.15) is 0 Å². The Hall–Kier alpha value is -1.06. The number of carbonyl (C=O) groups excluding carboxylic acids is 2. The van der Waals surface area contributed by atoms with Crippen molar-refractivity contribution < 1.29 is 9.59 Å². The fraction of sp³-hybridized carbons (Fsp3) is 0.714. The lowest BCUT2D eigenvalue weighted by Gasteiger charge is -1.93. The second-order valence-corrected chi connectivity index (χ2v) is 1.88. The van der Waals surface area contributed by atoms with Crippen LogP contribution in [0.2, 0.25) is 0 Å². The first kappa shape index (κ1) is 9.94. The highest BCUT2D eigenvalue weighted by atomic mass is 16.2. The molecule has 4 nitrogen and oxygen atoms in total. The number of amides is 2. The molecule has 64 valence electrons. The second kappa shape index (κ2) is 5.70. The van der Waals surface area contributed by atoms with Crippen molar-refractivity contribution in [1.29, 1.82) is 0 Å². The molecule has 0 saturated carbocycles. The number of carbonyl (C=O) groups is 2. The van der Waals surface area contributed by atoms with E-state index in [0.717, 1.165) is 0 Å². The quantitative estimate of drug-likeness (QED) is 0.506. The Kier molecular flexibility index (Phi) is 5.15. The lowest BCUT2D eigenvalue weighted by Crippen LogP contribution is -2.30.